The fraction of sp³-hybridized carbons (Fsp3) is 0.0625. The lowest BCUT2D eigenvalue weighted by Gasteiger charge is -2.00. The largest absolute Gasteiger partial charge is 0.457 e. The molecule has 0 amide bonds. The molecule has 0 unspecified atom stereocenters. The second-order valence-electron chi connectivity index (χ2n) is 3.97. The summed E-state index contributed by atoms with van der Waals surface area (Å²) in [4.78, 5) is 11.3. The molecular formula is C16H10BrClO3. The zero-order valence-electron chi connectivity index (χ0n) is 10.8. The Bertz CT molecular complexity index is 725. The highest BCUT2D eigenvalue weighted by Gasteiger charge is 2.08. The Morgan fingerprint density at radius 1 is 1.43 bits per heavy atom. The van der Waals surface area contributed by atoms with Crippen LogP contribution in [0.1, 0.15) is 5.76 Å². The van der Waals surface area contributed by atoms with E-state index in [1.54, 1.807) is 18.2 Å². The molecule has 0 aliphatic heterocycles. The van der Waals surface area contributed by atoms with Gasteiger partial charge in [0.15, 0.2) is 6.61 Å². The van der Waals surface area contributed by atoms with Crippen molar-refractivity contribution in [3.63, 3.8) is 0 Å². The van der Waals surface area contributed by atoms with Crippen molar-refractivity contribution in [3.8, 4) is 23.7 Å². The van der Waals surface area contributed by atoms with E-state index in [2.05, 4.69) is 21.9 Å². The third kappa shape index (κ3) is 4.25. The first kappa shape index (κ1) is 15.4. The van der Waals surface area contributed by atoms with Crippen molar-refractivity contribution >= 4 is 39.6 Å². The summed E-state index contributed by atoms with van der Waals surface area (Å²) in [6.07, 6.45) is 7.75. The number of halogens is 2. The molecule has 2 aromatic rings. The van der Waals surface area contributed by atoms with Crippen LogP contribution in [0, 0.1) is 12.3 Å². The molecule has 3 nitrogen and oxygen atoms in total. The van der Waals surface area contributed by atoms with Gasteiger partial charge in [-0.25, -0.2) is 4.79 Å². The molecule has 0 fully saturated rings. The fourth-order valence-corrected chi connectivity index (χ4v) is 2.35. The van der Waals surface area contributed by atoms with Gasteiger partial charge in [0, 0.05) is 16.1 Å². The quantitative estimate of drug-likeness (QED) is 0.453. The van der Waals surface area contributed by atoms with Crippen molar-refractivity contribution in [1.82, 2.24) is 0 Å². The predicted octanol–water partition coefficient (Wildman–Crippen LogP) is 4.55. The average molecular weight is 366 g/mol. The summed E-state index contributed by atoms with van der Waals surface area (Å²) in [5.41, 5.74) is 0.773. The second-order valence-corrected chi connectivity index (χ2v) is 5.29. The predicted molar refractivity (Wildman–Crippen MR) is 85.7 cm³/mol. The molecule has 1 heterocycles. The van der Waals surface area contributed by atoms with Gasteiger partial charge < -0.3 is 9.15 Å². The van der Waals surface area contributed by atoms with E-state index in [1.807, 2.05) is 12.1 Å². The van der Waals surface area contributed by atoms with Crippen LogP contribution in [0.5, 0.6) is 0 Å². The van der Waals surface area contributed by atoms with Gasteiger partial charge in [0.05, 0.1) is 5.02 Å². The summed E-state index contributed by atoms with van der Waals surface area (Å²) in [6.45, 7) is -0.0545. The summed E-state index contributed by atoms with van der Waals surface area (Å²) in [5, 5.41) is 0.572. The lowest BCUT2D eigenvalue weighted by molar-refractivity contribution is -0.136. The van der Waals surface area contributed by atoms with Crippen LogP contribution in [0.3, 0.4) is 0 Å². The van der Waals surface area contributed by atoms with Gasteiger partial charge >= 0.3 is 5.97 Å². The van der Waals surface area contributed by atoms with E-state index in [9.17, 15) is 4.79 Å². The zero-order valence-corrected chi connectivity index (χ0v) is 13.1. The molecule has 0 saturated heterocycles. The van der Waals surface area contributed by atoms with E-state index < -0.39 is 5.97 Å². The number of ether oxygens (including phenoxy) is 1. The molecule has 1 aromatic heterocycles. The molecular weight excluding hydrogens is 356 g/mol. The summed E-state index contributed by atoms with van der Waals surface area (Å²) in [7, 11) is 0. The molecule has 0 spiro atoms. The zero-order chi connectivity index (χ0) is 15.2. The van der Waals surface area contributed by atoms with Gasteiger partial charge in [-0.05, 0) is 36.4 Å². The van der Waals surface area contributed by atoms with Gasteiger partial charge in [-0.3, -0.25) is 0 Å². The maximum Gasteiger partial charge on any atom is 0.331 e. The Labute approximate surface area is 135 Å². The number of benzene rings is 1. The SMILES string of the molecule is C#CCOC(=O)/C=C/c1ccc(-c2ccc(Br)cc2Cl)o1. The highest BCUT2D eigenvalue weighted by Crippen LogP contribution is 2.31. The van der Waals surface area contributed by atoms with E-state index in [0.717, 1.165) is 10.0 Å². The number of rotatable bonds is 4. The minimum Gasteiger partial charge on any atom is -0.457 e. The van der Waals surface area contributed by atoms with E-state index in [0.29, 0.717) is 16.5 Å². The lowest BCUT2D eigenvalue weighted by Crippen LogP contribution is -1.99. The van der Waals surface area contributed by atoms with Gasteiger partial charge in [-0.1, -0.05) is 33.5 Å². The van der Waals surface area contributed by atoms with Gasteiger partial charge in [-0.2, -0.15) is 0 Å². The van der Waals surface area contributed by atoms with Crippen LogP contribution in [0.4, 0.5) is 0 Å². The Kier molecular flexibility index (Phi) is 5.26. The fourth-order valence-electron chi connectivity index (χ4n) is 1.59. The number of furan rings is 1. The molecule has 0 aliphatic rings. The number of carbonyl (C=O) groups excluding carboxylic acids is 1. The normalized spacial score (nSPS) is 10.5. The minimum absolute atomic E-state index is 0.0545. The summed E-state index contributed by atoms with van der Waals surface area (Å²) >= 11 is 9.50. The van der Waals surface area contributed by atoms with Crippen LogP contribution in [0.25, 0.3) is 17.4 Å². The van der Waals surface area contributed by atoms with Gasteiger partial charge in [0.25, 0.3) is 0 Å². The third-order valence-electron chi connectivity index (χ3n) is 2.50. The summed E-state index contributed by atoms with van der Waals surface area (Å²) < 4.78 is 11.2. The van der Waals surface area contributed by atoms with Gasteiger partial charge in [-0.15, -0.1) is 6.42 Å². The molecule has 21 heavy (non-hydrogen) atoms. The highest BCUT2D eigenvalue weighted by molar-refractivity contribution is 9.10. The van der Waals surface area contributed by atoms with Crippen molar-refractivity contribution in [3.05, 3.63) is 51.7 Å². The number of esters is 1. The Hall–Kier alpha value is -1.96. The number of hydrogen-bond donors (Lipinski definition) is 0. The highest BCUT2D eigenvalue weighted by atomic mass is 79.9. The smallest absolute Gasteiger partial charge is 0.331 e. The monoisotopic (exact) mass is 364 g/mol. The molecule has 0 radical (unpaired) electrons. The summed E-state index contributed by atoms with van der Waals surface area (Å²) in [6, 6.07) is 9.02. The molecule has 1 aromatic carbocycles. The van der Waals surface area contributed by atoms with Crippen LogP contribution in [0.15, 0.2) is 45.3 Å². The molecule has 5 heteroatoms. The molecule has 0 saturated carbocycles. The first-order valence-electron chi connectivity index (χ1n) is 5.93. The number of carbonyl (C=O) groups is 1. The maximum atomic E-state index is 11.3. The van der Waals surface area contributed by atoms with Crippen molar-refractivity contribution in [1.29, 1.82) is 0 Å². The number of terminal acetylenes is 1. The lowest BCUT2D eigenvalue weighted by atomic mass is 10.2. The molecule has 2 rings (SSSR count). The Morgan fingerprint density at radius 3 is 2.95 bits per heavy atom. The van der Waals surface area contributed by atoms with E-state index >= 15 is 0 Å². The van der Waals surface area contributed by atoms with Gasteiger partial charge in [0.2, 0.25) is 0 Å². The maximum absolute atomic E-state index is 11.3. The van der Waals surface area contributed by atoms with Crippen molar-refractivity contribution in [2.75, 3.05) is 6.61 Å². The van der Waals surface area contributed by atoms with Gasteiger partial charge in [0.1, 0.15) is 11.5 Å². The first-order chi connectivity index (χ1) is 10.1. The summed E-state index contributed by atoms with van der Waals surface area (Å²) in [5.74, 6) is 2.82. The minimum atomic E-state index is -0.521. The van der Waals surface area contributed by atoms with E-state index in [1.165, 1.54) is 12.2 Å². The Morgan fingerprint density at radius 2 is 2.24 bits per heavy atom. The Balaban J connectivity index is 2.13. The van der Waals surface area contributed by atoms with Crippen LogP contribution < -0.4 is 0 Å². The number of hydrogen-bond acceptors (Lipinski definition) is 3. The molecule has 0 atom stereocenters. The van der Waals surface area contributed by atoms with E-state index in [-0.39, 0.29) is 6.61 Å². The molecule has 106 valence electrons. The molecule has 0 bridgehead atoms. The standard InChI is InChI=1S/C16H10BrClO3/c1-2-9-20-16(19)8-5-12-4-7-15(21-12)13-6-3-11(17)10-14(13)18/h1,3-8,10H,9H2/b8-5+. The van der Waals surface area contributed by atoms with E-state index in [4.69, 9.17) is 27.2 Å². The first-order valence-corrected chi connectivity index (χ1v) is 7.11. The molecule has 0 N–H and O–H groups in total. The second kappa shape index (κ2) is 7.16. The van der Waals surface area contributed by atoms with Crippen LogP contribution in [-0.4, -0.2) is 12.6 Å². The van der Waals surface area contributed by atoms with Crippen LogP contribution >= 0.6 is 27.5 Å². The molecule has 0 aliphatic carbocycles. The van der Waals surface area contributed by atoms with Crippen LogP contribution in [-0.2, 0) is 9.53 Å². The van der Waals surface area contributed by atoms with Crippen molar-refractivity contribution in [2.45, 2.75) is 0 Å². The van der Waals surface area contributed by atoms with Crippen molar-refractivity contribution in [2.24, 2.45) is 0 Å². The van der Waals surface area contributed by atoms with Crippen molar-refractivity contribution < 1.29 is 13.9 Å². The average Bonchev–Trinajstić information content (AvgIpc) is 2.91. The van der Waals surface area contributed by atoms with Crippen LogP contribution in [0.2, 0.25) is 5.02 Å². The topological polar surface area (TPSA) is 39.4 Å². The third-order valence-corrected chi connectivity index (χ3v) is 3.31.